The molecule has 0 bridgehead atoms. The number of ether oxygens (including phenoxy) is 1. The molecule has 1 aliphatic rings. The molecule has 5 heteroatoms. The Hall–Kier alpha value is -1.88. The first kappa shape index (κ1) is 16.0. The molecule has 2 aromatic rings. The van der Waals surface area contributed by atoms with Gasteiger partial charge in [0.2, 0.25) is 0 Å². The van der Waals surface area contributed by atoms with E-state index in [0.29, 0.717) is 5.92 Å². The molecule has 4 nitrogen and oxygen atoms in total. The van der Waals surface area contributed by atoms with Crippen molar-refractivity contribution < 1.29 is 9.53 Å². The number of carbonyl (C=O) groups is 1. The molecule has 0 amide bonds. The number of aryl methyl sites for hydroxylation is 1. The van der Waals surface area contributed by atoms with Gasteiger partial charge in [-0.25, -0.2) is 4.98 Å². The van der Waals surface area contributed by atoms with Crippen LogP contribution in [-0.2, 0) is 9.53 Å². The monoisotopic (exact) mass is 330 g/mol. The highest BCUT2D eigenvalue weighted by Gasteiger charge is 2.36. The number of thiazole rings is 1. The van der Waals surface area contributed by atoms with Crippen molar-refractivity contribution in [1.29, 1.82) is 0 Å². The summed E-state index contributed by atoms with van der Waals surface area (Å²) in [5, 5.41) is 6.10. The Morgan fingerprint density at radius 3 is 2.78 bits per heavy atom. The van der Waals surface area contributed by atoms with E-state index < -0.39 is 0 Å². The quantitative estimate of drug-likeness (QED) is 0.797. The fourth-order valence-electron chi connectivity index (χ4n) is 2.83. The summed E-state index contributed by atoms with van der Waals surface area (Å²) in [5.74, 6) is 0.431. The second kappa shape index (κ2) is 6.71. The van der Waals surface area contributed by atoms with Gasteiger partial charge in [-0.05, 0) is 31.4 Å². The Morgan fingerprint density at radius 2 is 2.09 bits per heavy atom. The number of aromatic nitrogens is 1. The first-order valence-electron chi connectivity index (χ1n) is 8.01. The highest BCUT2D eigenvalue weighted by atomic mass is 32.1. The molecule has 1 fully saturated rings. The van der Waals surface area contributed by atoms with Gasteiger partial charge in [0.05, 0.1) is 11.6 Å². The topological polar surface area (TPSA) is 51.2 Å². The Bertz CT molecular complexity index is 679. The lowest BCUT2D eigenvalue weighted by Gasteiger charge is -2.07. The minimum Gasteiger partial charge on any atom is -0.456 e. The number of carbonyl (C=O) groups excluding carboxylic acids is 1. The summed E-state index contributed by atoms with van der Waals surface area (Å²) in [7, 11) is 0. The number of hydrogen-bond acceptors (Lipinski definition) is 5. The second-order valence-corrected chi connectivity index (χ2v) is 7.41. The van der Waals surface area contributed by atoms with Crippen LogP contribution in [0.25, 0.3) is 0 Å². The zero-order valence-corrected chi connectivity index (χ0v) is 14.5. The van der Waals surface area contributed by atoms with E-state index >= 15 is 0 Å². The van der Waals surface area contributed by atoms with E-state index in [1.165, 1.54) is 16.9 Å². The van der Waals surface area contributed by atoms with Gasteiger partial charge in [-0.15, -0.1) is 11.3 Å². The van der Waals surface area contributed by atoms with Crippen molar-refractivity contribution in [3.8, 4) is 0 Å². The first-order chi connectivity index (χ1) is 11.0. The smallest absolute Gasteiger partial charge is 0.309 e. The van der Waals surface area contributed by atoms with E-state index in [2.05, 4.69) is 43.2 Å². The van der Waals surface area contributed by atoms with Crippen LogP contribution in [0.4, 0.5) is 10.8 Å². The van der Waals surface area contributed by atoms with Gasteiger partial charge in [0, 0.05) is 17.5 Å². The van der Waals surface area contributed by atoms with Crippen LogP contribution in [0.1, 0.15) is 44.1 Å². The van der Waals surface area contributed by atoms with Crippen molar-refractivity contribution >= 4 is 28.1 Å². The number of rotatable bonds is 5. The molecule has 0 radical (unpaired) electrons. The molecular weight excluding hydrogens is 308 g/mol. The van der Waals surface area contributed by atoms with Crippen molar-refractivity contribution in [2.75, 3.05) is 5.32 Å². The van der Waals surface area contributed by atoms with Crippen molar-refractivity contribution in [3.63, 3.8) is 0 Å². The lowest BCUT2D eigenvalue weighted by Crippen LogP contribution is -2.09. The molecule has 23 heavy (non-hydrogen) atoms. The number of esters is 1. The summed E-state index contributed by atoms with van der Waals surface area (Å²) in [5.41, 5.74) is 3.09. The molecule has 1 aliphatic heterocycles. The zero-order chi connectivity index (χ0) is 16.4. The van der Waals surface area contributed by atoms with E-state index in [9.17, 15) is 4.79 Å². The molecule has 2 atom stereocenters. The highest BCUT2D eigenvalue weighted by Crippen LogP contribution is 2.37. The minimum absolute atomic E-state index is 0.00945. The molecule has 122 valence electrons. The summed E-state index contributed by atoms with van der Waals surface area (Å²) < 4.78 is 5.52. The van der Waals surface area contributed by atoms with E-state index in [-0.39, 0.29) is 18.0 Å². The number of benzene rings is 1. The Labute approximate surface area is 140 Å². The van der Waals surface area contributed by atoms with Gasteiger partial charge in [0.25, 0.3) is 0 Å². The Kier molecular flexibility index (Phi) is 4.66. The molecule has 1 saturated heterocycles. The molecule has 1 N–H and O–H groups in total. The summed E-state index contributed by atoms with van der Waals surface area (Å²) in [4.78, 5) is 16.5. The van der Waals surface area contributed by atoms with E-state index in [0.717, 1.165) is 29.4 Å². The van der Waals surface area contributed by atoms with Crippen LogP contribution in [0.2, 0.25) is 0 Å². The summed E-state index contributed by atoms with van der Waals surface area (Å²) >= 11 is 1.54. The number of nitrogens with one attached hydrogen (secondary N) is 1. The van der Waals surface area contributed by atoms with Gasteiger partial charge in [0.15, 0.2) is 5.13 Å². The third-order valence-electron chi connectivity index (χ3n) is 4.00. The van der Waals surface area contributed by atoms with Crippen LogP contribution < -0.4 is 5.32 Å². The molecule has 1 aromatic carbocycles. The first-order valence-corrected chi connectivity index (χ1v) is 8.89. The van der Waals surface area contributed by atoms with Crippen LogP contribution in [0.3, 0.4) is 0 Å². The standard InChI is InChI=1S/C18H22N2O2S/c1-11(2)8-13-9-16(22-17(13)21)15-10-23-18(20-15)19-14-6-4-12(3)5-7-14/h4-7,10-11,13,16H,8-9H2,1-3H3,(H,19,20)/t13-,16+/m1/s1. The molecule has 1 aromatic heterocycles. The lowest BCUT2D eigenvalue weighted by molar-refractivity contribution is -0.145. The summed E-state index contributed by atoms with van der Waals surface area (Å²) in [6, 6.07) is 8.19. The number of nitrogens with zero attached hydrogens (tertiary/aromatic N) is 1. The lowest BCUT2D eigenvalue weighted by atomic mass is 9.94. The largest absolute Gasteiger partial charge is 0.456 e. The van der Waals surface area contributed by atoms with Gasteiger partial charge >= 0.3 is 5.97 Å². The number of anilines is 2. The van der Waals surface area contributed by atoms with E-state index in [1.54, 1.807) is 0 Å². The zero-order valence-electron chi connectivity index (χ0n) is 13.7. The fourth-order valence-corrected chi connectivity index (χ4v) is 3.61. The Morgan fingerprint density at radius 1 is 1.35 bits per heavy atom. The normalized spacial score (nSPS) is 20.8. The van der Waals surface area contributed by atoms with Gasteiger partial charge in [-0.3, -0.25) is 4.79 Å². The Balaban J connectivity index is 1.65. The minimum atomic E-state index is -0.198. The molecule has 0 unspecified atom stereocenters. The van der Waals surface area contributed by atoms with Crippen molar-refractivity contribution in [1.82, 2.24) is 4.98 Å². The summed E-state index contributed by atoms with van der Waals surface area (Å²) in [6.45, 7) is 6.33. The average Bonchev–Trinajstić information content (AvgIpc) is 3.09. The van der Waals surface area contributed by atoms with Gasteiger partial charge < -0.3 is 10.1 Å². The third-order valence-corrected chi connectivity index (χ3v) is 4.78. The van der Waals surface area contributed by atoms with Crippen LogP contribution in [0.5, 0.6) is 0 Å². The SMILES string of the molecule is Cc1ccc(Nc2nc([C@@H]3C[C@@H](CC(C)C)C(=O)O3)cs2)cc1. The maximum Gasteiger partial charge on any atom is 0.309 e. The van der Waals surface area contributed by atoms with Crippen LogP contribution in [0, 0.1) is 18.8 Å². The molecule has 0 spiro atoms. The van der Waals surface area contributed by atoms with Crippen molar-refractivity contribution in [3.05, 3.63) is 40.9 Å². The predicted molar refractivity (Wildman–Crippen MR) is 93.0 cm³/mol. The van der Waals surface area contributed by atoms with Gasteiger partial charge in [-0.2, -0.15) is 0 Å². The molecule has 0 aliphatic carbocycles. The van der Waals surface area contributed by atoms with E-state index in [1.807, 2.05) is 17.5 Å². The van der Waals surface area contributed by atoms with Gasteiger partial charge in [-0.1, -0.05) is 31.5 Å². The molecule has 2 heterocycles. The fraction of sp³-hybridized carbons (Fsp3) is 0.444. The number of hydrogen-bond donors (Lipinski definition) is 1. The van der Waals surface area contributed by atoms with Gasteiger partial charge in [0.1, 0.15) is 6.10 Å². The van der Waals surface area contributed by atoms with E-state index in [4.69, 9.17) is 4.74 Å². The average molecular weight is 330 g/mol. The third kappa shape index (κ3) is 3.91. The number of cyclic esters (lactones) is 1. The highest BCUT2D eigenvalue weighted by molar-refractivity contribution is 7.13. The van der Waals surface area contributed by atoms with Crippen molar-refractivity contribution in [2.24, 2.45) is 11.8 Å². The van der Waals surface area contributed by atoms with Crippen LogP contribution in [-0.4, -0.2) is 11.0 Å². The molecule has 3 rings (SSSR count). The molecular formula is C18H22N2O2S. The second-order valence-electron chi connectivity index (χ2n) is 6.56. The maximum atomic E-state index is 12.0. The molecule has 0 saturated carbocycles. The summed E-state index contributed by atoms with van der Waals surface area (Å²) in [6.07, 6.45) is 1.43. The predicted octanol–water partition coefficient (Wildman–Crippen LogP) is 4.85. The van der Waals surface area contributed by atoms with Crippen LogP contribution >= 0.6 is 11.3 Å². The van der Waals surface area contributed by atoms with Crippen molar-refractivity contribution in [2.45, 2.75) is 39.7 Å². The van der Waals surface area contributed by atoms with Crippen LogP contribution in [0.15, 0.2) is 29.6 Å². The maximum absolute atomic E-state index is 12.0.